The van der Waals surface area contributed by atoms with Crippen molar-refractivity contribution in [1.29, 1.82) is 0 Å². The molecule has 0 atom stereocenters. The lowest BCUT2D eigenvalue weighted by Crippen LogP contribution is -2.34. The van der Waals surface area contributed by atoms with E-state index in [2.05, 4.69) is 0 Å². The summed E-state index contributed by atoms with van der Waals surface area (Å²) in [6, 6.07) is 4.87. The molecule has 0 radical (unpaired) electrons. The molecule has 1 aromatic carbocycles. The van der Waals surface area contributed by atoms with E-state index >= 15 is 0 Å². The number of likely N-dealkylation sites (N-methyl/N-ethyl adjacent to an activating group) is 2. The number of nitrogens with two attached hydrogens (primary N) is 1. The summed E-state index contributed by atoms with van der Waals surface area (Å²) in [5.41, 5.74) is 6.91. The van der Waals surface area contributed by atoms with E-state index in [0.29, 0.717) is 18.7 Å². The van der Waals surface area contributed by atoms with Crippen LogP contribution in [0.15, 0.2) is 18.2 Å². The van der Waals surface area contributed by atoms with Gasteiger partial charge in [-0.2, -0.15) is 0 Å². The summed E-state index contributed by atoms with van der Waals surface area (Å²) in [6.07, 6.45) is 0. The van der Waals surface area contributed by atoms with E-state index in [0.717, 1.165) is 5.56 Å². The highest BCUT2D eigenvalue weighted by atomic mass is 19.1. The Morgan fingerprint density at radius 1 is 1.33 bits per heavy atom. The van der Waals surface area contributed by atoms with Gasteiger partial charge in [0, 0.05) is 32.7 Å². The van der Waals surface area contributed by atoms with Crippen LogP contribution in [0, 0.1) is 5.82 Å². The zero-order valence-corrected chi connectivity index (χ0v) is 11.1. The average molecular weight is 253 g/mol. The Bertz CT molecular complexity index is 421. The Hall–Kier alpha value is -1.46. The molecular weight excluding hydrogens is 233 g/mol. The van der Waals surface area contributed by atoms with Crippen molar-refractivity contribution in [2.45, 2.75) is 13.1 Å². The van der Waals surface area contributed by atoms with Gasteiger partial charge in [0.15, 0.2) is 0 Å². The van der Waals surface area contributed by atoms with Crippen LogP contribution >= 0.6 is 0 Å². The lowest BCUT2D eigenvalue weighted by molar-refractivity contribution is -0.129. The number of nitrogens with zero attached hydrogens (tertiary/aromatic N) is 2. The zero-order valence-electron chi connectivity index (χ0n) is 11.1. The van der Waals surface area contributed by atoms with Gasteiger partial charge in [-0.25, -0.2) is 4.39 Å². The summed E-state index contributed by atoms with van der Waals surface area (Å²) in [5.74, 6) is -0.244. The molecular formula is C13H20FN3O. The molecule has 1 aromatic rings. The van der Waals surface area contributed by atoms with Crippen molar-refractivity contribution in [2.24, 2.45) is 5.73 Å². The molecule has 0 aliphatic rings. The van der Waals surface area contributed by atoms with Crippen molar-refractivity contribution in [3.63, 3.8) is 0 Å². The van der Waals surface area contributed by atoms with E-state index in [4.69, 9.17) is 5.73 Å². The third-order valence-corrected chi connectivity index (χ3v) is 2.69. The minimum absolute atomic E-state index is 0.0404. The van der Waals surface area contributed by atoms with Crippen molar-refractivity contribution in [1.82, 2.24) is 9.80 Å². The Kier molecular flexibility index (Phi) is 5.25. The summed E-state index contributed by atoms with van der Waals surface area (Å²) in [4.78, 5) is 15.0. The van der Waals surface area contributed by atoms with Gasteiger partial charge in [0.1, 0.15) is 5.82 Å². The molecule has 0 bridgehead atoms. The first-order valence-corrected chi connectivity index (χ1v) is 5.80. The fraction of sp³-hybridized carbons (Fsp3) is 0.462. The van der Waals surface area contributed by atoms with Crippen molar-refractivity contribution in [2.75, 3.05) is 27.7 Å². The van der Waals surface area contributed by atoms with Crippen molar-refractivity contribution >= 4 is 5.91 Å². The van der Waals surface area contributed by atoms with E-state index in [1.54, 1.807) is 31.1 Å². The van der Waals surface area contributed by atoms with Crippen LogP contribution < -0.4 is 5.73 Å². The van der Waals surface area contributed by atoms with E-state index in [1.807, 2.05) is 11.9 Å². The van der Waals surface area contributed by atoms with Gasteiger partial charge in [-0.05, 0) is 18.7 Å². The van der Waals surface area contributed by atoms with Gasteiger partial charge in [0.25, 0.3) is 0 Å². The van der Waals surface area contributed by atoms with Crippen LogP contribution in [0.5, 0.6) is 0 Å². The molecule has 0 aromatic heterocycles. The number of rotatable bonds is 5. The molecule has 0 unspecified atom stereocenters. The number of amides is 1. The third-order valence-electron chi connectivity index (χ3n) is 2.69. The fourth-order valence-corrected chi connectivity index (χ4v) is 1.62. The first-order valence-electron chi connectivity index (χ1n) is 5.80. The maximum Gasteiger partial charge on any atom is 0.236 e. The van der Waals surface area contributed by atoms with Crippen LogP contribution in [0.1, 0.15) is 11.1 Å². The molecule has 0 saturated heterocycles. The third kappa shape index (κ3) is 4.09. The van der Waals surface area contributed by atoms with E-state index in [1.165, 1.54) is 6.07 Å². The van der Waals surface area contributed by atoms with Gasteiger partial charge in [-0.1, -0.05) is 12.1 Å². The van der Waals surface area contributed by atoms with Crippen LogP contribution in [0.25, 0.3) is 0 Å². The van der Waals surface area contributed by atoms with Crippen molar-refractivity contribution in [3.8, 4) is 0 Å². The first kappa shape index (κ1) is 14.6. The highest BCUT2D eigenvalue weighted by Crippen LogP contribution is 2.11. The molecule has 0 saturated carbocycles. The summed E-state index contributed by atoms with van der Waals surface area (Å²) in [5, 5.41) is 0. The Balaban J connectivity index is 2.64. The zero-order chi connectivity index (χ0) is 13.7. The molecule has 0 spiro atoms. The lowest BCUT2D eigenvalue weighted by atomic mass is 10.1. The predicted molar refractivity (Wildman–Crippen MR) is 69.3 cm³/mol. The molecule has 0 aliphatic carbocycles. The molecule has 5 heteroatoms. The molecule has 4 nitrogen and oxygen atoms in total. The number of carbonyl (C=O) groups excluding carboxylic acids is 1. The SMILES string of the molecule is CN(CC(=O)N(C)C)Cc1ccc(F)c(CN)c1. The maximum absolute atomic E-state index is 13.3. The van der Waals surface area contributed by atoms with Gasteiger partial charge in [0.2, 0.25) is 5.91 Å². The van der Waals surface area contributed by atoms with Gasteiger partial charge in [-0.15, -0.1) is 0 Å². The van der Waals surface area contributed by atoms with Gasteiger partial charge in [-0.3, -0.25) is 9.69 Å². The second-order valence-corrected chi connectivity index (χ2v) is 4.59. The van der Waals surface area contributed by atoms with Gasteiger partial charge < -0.3 is 10.6 Å². The lowest BCUT2D eigenvalue weighted by Gasteiger charge is -2.19. The highest BCUT2D eigenvalue weighted by Gasteiger charge is 2.09. The fourth-order valence-electron chi connectivity index (χ4n) is 1.62. The highest BCUT2D eigenvalue weighted by molar-refractivity contribution is 5.77. The summed E-state index contributed by atoms with van der Waals surface area (Å²) >= 11 is 0. The smallest absolute Gasteiger partial charge is 0.236 e. The molecule has 2 N–H and O–H groups in total. The van der Waals surface area contributed by atoms with E-state index in [-0.39, 0.29) is 18.3 Å². The first-order chi connectivity index (χ1) is 8.43. The molecule has 0 heterocycles. The van der Waals surface area contributed by atoms with Gasteiger partial charge in [0.05, 0.1) is 6.54 Å². The predicted octanol–water partition coefficient (Wildman–Crippen LogP) is 0.804. The quantitative estimate of drug-likeness (QED) is 0.844. The Morgan fingerprint density at radius 2 is 2.00 bits per heavy atom. The van der Waals surface area contributed by atoms with Crippen LogP contribution in [0.4, 0.5) is 4.39 Å². The summed E-state index contributed by atoms with van der Waals surface area (Å²) in [6.45, 7) is 1.11. The Labute approximate surface area is 107 Å². The summed E-state index contributed by atoms with van der Waals surface area (Å²) in [7, 11) is 5.30. The Morgan fingerprint density at radius 3 is 2.56 bits per heavy atom. The maximum atomic E-state index is 13.3. The van der Waals surface area contributed by atoms with Crippen molar-refractivity contribution in [3.05, 3.63) is 35.1 Å². The van der Waals surface area contributed by atoms with Crippen molar-refractivity contribution < 1.29 is 9.18 Å². The number of hydrogen-bond acceptors (Lipinski definition) is 3. The molecule has 0 aliphatic heterocycles. The minimum atomic E-state index is -0.284. The molecule has 0 fully saturated rings. The summed E-state index contributed by atoms with van der Waals surface area (Å²) < 4.78 is 13.3. The average Bonchev–Trinajstić information content (AvgIpc) is 2.31. The van der Waals surface area contributed by atoms with Crippen LogP contribution in [0.2, 0.25) is 0 Å². The molecule has 1 amide bonds. The normalized spacial score (nSPS) is 10.8. The van der Waals surface area contributed by atoms with E-state index < -0.39 is 0 Å². The minimum Gasteiger partial charge on any atom is -0.348 e. The standard InChI is InChI=1S/C13H20FN3O/c1-16(2)13(18)9-17(3)8-10-4-5-12(14)11(6-10)7-15/h4-6H,7-9,15H2,1-3H3. The second kappa shape index (κ2) is 6.47. The number of benzene rings is 1. The monoisotopic (exact) mass is 253 g/mol. The van der Waals surface area contributed by atoms with Crippen LogP contribution in [-0.4, -0.2) is 43.4 Å². The van der Waals surface area contributed by atoms with Gasteiger partial charge >= 0.3 is 0 Å². The van der Waals surface area contributed by atoms with Crippen LogP contribution in [-0.2, 0) is 17.9 Å². The second-order valence-electron chi connectivity index (χ2n) is 4.59. The molecule has 18 heavy (non-hydrogen) atoms. The molecule has 100 valence electrons. The molecule has 1 rings (SSSR count). The number of halogens is 1. The van der Waals surface area contributed by atoms with E-state index in [9.17, 15) is 9.18 Å². The topological polar surface area (TPSA) is 49.6 Å². The largest absolute Gasteiger partial charge is 0.348 e. The number of hydrogen-bond donors (Lipinski definition) is 1. The number of carbonyl (C=O) groups is 1. The van der Waals surface area contributed by atoms with Crippen LogP contribution in [0.3, 0.4) is 0 Å².